The Labute approximate surface area is 199 Å². The first-order valence-electron chi connectivity index (χ1n) is 12.0. The fourth-order valence-electron chi connectivity index (χ4n) is 4.80. The molecule has 7 nitrogen and oxygen atoms in total. The number of hydrogen-bond acceptors (Lipinski definition) is 4. The van der Waals surface area contributed by atoms with Crippen molar-refractivity contribution < 1.29 is 9.59 Å². The minimum absolute atomic E-state index is 0.0374. The predicted molar refractivity (Wildman–Crippen MR) is 133 cm³/mol. The van der Waals surface area contributed by atoms with Crippen molar-refractivity contribution in [3.05, 3.63) is 53.9 Å². The van der Waals surface area contributed by atoms with Crippen LogP contribution in [0, 0.1) is 17.3 Å². The number of carbonyl (C=O) groups excluding carboxylic acids is 2. The van der Waals surface area contributed by atoms with E-state index < -0.39 is 5.91 Å². The topological polar surface area (TPSA) is 102 Å². The standard InChI is InChI=1S/C27H31N5O2/c1-16-4-9-20(27(16,2)3)13-29-24-22(25(28)33)14-30-32-15-19(12-23(24)32)17-5-7-18(8-6-17)26(34)31-21-10-11-21/h5-8,12-16,20-21H,4,9-11H2,1-3H3,(H2,28,33)(H,31,34). The molecule has 2 amide bonds. The van der Waals surface area contributed by atoms with Gasteiger partial charge in [-0.15, -0.1) is 0 Å². The molecular formula is C27H31N5O2. The quantitative estimate of drug-likeness (QED) is 0.521. The molecule has 2 heterocycles. The summed E-state index contributed by atoms with van der Waals surface area (Å²) in [6.45, 7) is 6.85. The molecule has 7 heteroatoms. The lowest BCUT2D eigenvalue weighted by molar-refractivity contribution is 0.0949. The second-order valence-electron chi connectivity index (χ2n) is 10.3. The molecule has 0 radical (unpaired) electrons. The largest absolute Gasteiger partial charge is 0.365 e. The Morgan fingerprint density at radius 2 is 1.88 bits per heavy atom. The van der Waals surface area contributed by atoms with Crippen LogP contribution in [0.25, 0.3) is 16.6 Å². The molecule has 2 unspecified atom stereocenters. The number of nitrogens with zero attached hydrogens (tertiary/aromatic N) is 3. The van der Waals surface area contributed by atoms with Gasteiger partial charge in [0.15, 0.2) is 0 Å². The Morgan fingerprint density at radius 3 is 2.50 bits per heavy atom. The highest BCUT2D eigenvalue weighted by Crippen LogP contribution is 2.46. The molecule has 2 atom stereocenters. The van der Waals surface area contributed by atoms with E-state index in [0.29, 0.717) is 34.7 Å². The van der Waals surface area contributed by atoms with Crippen LogP contribution in [0.1, 0.15) is 67.2 Å². The molecule has 2 fully saturated rings. The number of hydrogen-bond donors (Lipinski definition) is 2. The summed E-state index contributed by atoms with van der Waals surface area (Å²) in [6.07, 6.45) is 9.75. The Morgan fingerprint density at radius 1 is 1.15 bits per heavy atom. The van der Waals surface area contributed by atoms with Crippen LogP contribution in [0.3, 0.4) is 0 Å². The van der Waals surface area contributed by atoms with Gasteiger partial charge < -0.3 is 11.1 Å². The molecule has 34 heavy (non-hydrogen) atoms. The SMILES string of the molecule is CC1CCC(C=Nc2c(C(N)=O)cnn3cc(-c4ccc(C(=O)NC5CC5)cc4)cc23)C1(C)C. The van der Waals surface area contributed by atoms with Crippen LogP contribution in [0.5, 0.6) is 0 Å². The average molecular weight is 458 g/mol. The van der Waals surface area contributed by atoms with E-state index in [1.807, 2.05) is 42.7 Å². The molecule has 176 valence electrons. The zero-order chi connectivity index (χ0) is 24.0. The molecule has 0 aliphatic heterocycles. The number of aromatic nitrogens is 2. The number of nitrogens with two attached hydrogens (primary N) is 1. The van der Waals surface area contributed by atoms with Gasteiger partial charge in [-0.05, 0) is 66.7 Å². The van der Waals surface area contributed by atoms with Crippen molar-refractivity contribution in [3.63, 3.8) is 0 Å². The van der Waals surface area contributed by atoms with Crippen molar-refractivity contribution >= 4 is 29.2 Å². The first kappa shape index (κ1) is 22.3. The van der Waals surface area contributed by atoms with Crippen molar-refractivity contribution in [3.8, 4) is 11.1 Å². The van der Waals surface area contributed by atoms with Crippen LogP contribution in [-0.2, 0) is 0 Å². The summed E-state index contributed by atoms with van der Waals surface area (Å²) in [6, 6.07) is 9.81. The molecule has 3 N–H and O–H groups in total. The summed E-state index contributed by atoms with van der Waals surface area (Å²) in [5.41, 5.74) is 9.92. The first-order valence-corrected chi connectivity index (χ1v) is 12.0. The van der Waals surface area contributed by atoms with Gasteiger partial charge in [0, 0.05) is 29.6 Å². The number of nitrogens with one attached hydrogen (secondary N) is 1. The molecule has 2 saturated carbocycles. The third-order valence-electron chi connectivity index (χ3n) is 7.79. The Balaban J connectivity index is 1.48. The van der Waals surface area contributed by atoms with E-state index >= 15 is 0 Å². The summed E-state index contributed by atoms with van der Waals surface area (Å²) >= 11 is 0. The smallest absolute Gasteiger partial charge is 0.252 e. The molecule has 5 rings (SSSR count). The van der Waals surface area contributed by atoms with E-state index in [1.54, 1.807) is 4.52 Å². The molecule has 1 aromatic carbocycles. The molecular weight excluding hydrogens is 426 g/mol. The molecule has 0 saturated heterocycles. The zero-order valence-corrected chi connectivity index (χ0v) is 19.9. The number of amides is 2. The lowest BCUT2D eigenvalue weighted by Crippen LogP contribution is -2.25. The van der Waals surface area contributed by atoms with Gasteiger partial charge in [0.25, 0.3) is 11.8 Å². The maximum absolute atomic E-state index is 12.3. The molecule has 2 aliphatic rings. The number of carbonyl (C=O) groups is 2. The Bertz CT molecular complexity index is 1280. The minimum atomic E-state index is -0.546. The van der Waals surface area contributed by atoms with E-state index in [2.05, 4.69) is 31.2 Å². The zero-order valence-electron chi connectivity index (χ0n) is 19.9. The van der Waals surface area contributed by atoms with E-state index in [9.17, 15) is 9.59 Å². The lowest BCUT2D eigenvalue weighted by Gasteiger charge is -2.28. The van der Waals surface area contributed by atoms with Crippen LogP contribution in [0.2, 0.25) is 0 Å². The molecule has 2 aliphatic carbocycles. The minimum Gasteiger partial charge on any atom is -0.365 e. The summed E-state index contributed by atoms with van der Waals surface area (Å²) in [5.74, 6) is 0.367. The number of benzene rings is 1. The van der Waals surface area contributed by atoms with Crippen molar-refractivity contribution in [1.82, 2.24) is 14.9 Å². The van der Waals surface area contributed by atoms with Gasteiger partial charge in [-0.25, -0.2) is 4.52 Å². The van der Waals surface area contributed by atoms with Crippen molar-refractivity contribution in [2.24, 2.45) is 28.0 Å². The Hall–Kier alpha value is -3.48. The molecule has 2 aromatic heterocycles. The van der Waals surface area contributed by atoms with E-state index in [0.717, 1.165) is 35.9 Å². The third kappa shape index (κ3) is 4.11. The lowest BCUT2D eigenvalue weighted by atomic mass is 9.77. The third-order valence-corrected chi connectivity index (χ3v) is 7.79. The summed E-state index contributed by atoms with van der Waals surface area (Å²) < 4.78 is 1.73. The average Bonchev–Trinajstić information content (AvgIpc) is 3.45. The van der Waals surface area contributed by atoms with Crippen LogP contribution in [-0.4, -0.2) is 33.7 Å². The normalized spacial score (nSPS) is 21.9. The van der Waals surface area contributed by atoms with Crippen LogP contribution >= 0.6 is 0 Å². The summed E-state index contributed by atoms with van der Waals surface area (Å²) in [4.78, 5) is 29.3. The van der Waals surface area contributed by atoms with Crippen molar-refractivity contribution in [1.29, 1.82) is 0 Å². The maximum atomic E-state index is 12.3. The highest BCUT2D eigenvalue weighted by atomic mass is 16.2. The summed E-state index contributed by atoms with van der Waals surface area (Å²) in [7, 11) is 0. The van der Waals surface area contributed by atoms with E-state index in [1.165, 1.54) is 12.6 Å². The number of fused-ring (bicyclic) bond motifs is 1. The fraction of sp³-hybridized carbons (Fsp3) is 0.407. The second kappa shape index (κ2) is 8.38. The Kier molecular flexibility index (Phi) is 5.50. The van der Waals surface area contributed by atoms with Crippen molar-refractivity contribution in [2.45, 2.75) is 52.5 Å². The number of aliphatic imine (C=N–C) groups is 1. The molecule has 0 bridgehead atoms. The van der Waals surface area contributed by atoms with Crippen molar-refractivity contribution in [2.75, 3.05) is 0 Å². The fourth-order valence-corrected chi connectivity index (χ4v) is 4.80. The molecule has 0 spiro atoms. The monoisotopic (exact) mass is 457 g/mol. The van der Waals surface area contributed by atoms with Gasteiger partial charge in [-0.1, -0.05) is 32.9 Å². The van der Waals surface area contributed by atoms with Gasteiger partial charge in [-0.2, -0.15) is 5.10 Å². The van der Waals surface area contributed by atoms with Gasteiger partial charge in [-0.3, -0.25) is 14.6 Å². The van der Waals surface area contributed by atoms with Crippen LogP contribution < -0.4 is 11.1 Å². The van der Waals surface area contributed by atoms with E-state index in [4.69, 9.17) is 10.7 Å². The van der Waals surface area contributed by atoms with E-state index in [-0.39, 0.29) is 11.3 Å². The van der Waals surface area contributed by atoms with Gasteiger partial charge in [0.05, 0.1) is 17.3 Å². The number of rotatable bonds is 6. The van der Waals surface area contributed by atoms with Gasteiger partial charge >= 0.3 is 0 Å². The predicted octanol–water partition coefficient (Wildman–Crippen LogP) is 4.77. The highest BCUT2D eigenvalue weighted by Gasteiger charge is 2.39. The number of primary amides is 1. The molecule has 3 aromatic rings. The summed E-state index contributed by atoms with van der Waals surface area (Å²) in [5, 5.41) is 7.40. The first-order chi connectivity index (χ1) is 16.2. The highest BCUT2D eigenvalue weighted by molar-refractivity contribution is 6.02. The second-order valence-corrected chi connectivity index (χ2v) is 10.3. The van der Waals surface area contributed by atoms with Gasteiger partial charge in [0.2, 0.25) is 0 Å². The van der Waals surface area contributed by atoms with Crippen LogP contribution in [0.15, 0.2) is 47.7 Å². The van der Waals surface area contributed by atoms with Gasteiger partial charge in [0.1, 0.15) is 5.69 Å². The maximum Gasteiger partial charge on any atom is 0.252 e. The van der Waals surface area contributed by atoms with Crippen LogP contribution in [0.4, 0.5) is 5.69 Å².